The van der Waals surface area contributed by atoms with Gasteiger partial charge in [0.2, 0.25) is 11.8 Å². The number of aliphatic hydroxyl groups is 2. The van der Waals surface area contributed by atoms with Crippen LogP contribution in [-0.2, 0) is 98.7 Å². The van der Waals surface area contributed by atoms with Crippen molar-refractivity contribution in [3.05, 3.63) is 38.0 Å². The molecule has 41 nitrogen and oxygen atoms in total. The number of unbranched alkanes of at least 4 members (excludes halogenated alkanes) is 2. The van der Waals surface area contributed by atoms with Crippen LogP contribution in [0.5, 0.6) is 0 Å². The Morgan fingerprint density at radius 1 is 0.444 bits per heavy atom. The fourth-order valence-electron chi connectivity index (χ4n) is 12.6. The van der Waals surface area contributed by atoms with Crippen molar-refractivity contribution in [2.24, 2.45) is 0 Å². The van der Waals surface area contributed by atoms with Crippen molar-refractivity contribution >= 4 is 138 Å². The maximum Gasteiger partial charge on any atom is 0.407 e. The maximum absolute atomic E-state index is 12.8. The summed E-state index contributed by atoms with van der Waals surface area (Å²) in [7, 11) is -7.52. The highest BCUT2D eigenvalue weighted by molar-refractivity contribution is 6.73. The molecular formula is C90H156N16O25Si4. The first-order valence-corrected chi connectivity index (χ1v) is 57.8. The van der Waals surface area contributed by atoms with Crippen molar-refractivity contribution < 1.29 is 119 Å². The van der Waals surface area contributed by atoms with E-state index in [9.17, 15) is 53.4 Å². The molecule has 3 amide bonds. The van der Waals surface area contributed by atoms with Gasteiger partial charge >= 0.3 is 41.9 Å². The van der Waals surface area contributed by atoms with E-state index >= 15 is 0 Å². The number of carbonyl (C=O) groups is 9. The minimum atomic E-state index is -1.99. The number of nitrogens with zero attached hydrogens (tertiary/aromatic N) is 12. The number of hydrogen-bond donors (Lipinski definition) is 7. The number of rotatable bonds is 43. The first-order chi connectivity index (χ1) is 62.0. The van der Waals surface area contributed by atoms with Crippen LogP contribution in [-0.4, -0.2) is 260 Å². The van der Waals surface area contributed by atoms with Crippen LogP contribution in [0.25, 0.3) is 33.5 Å². The number of nitrogens with one attached hydrogen (secondary N) is 3. The summed E-state index contributed by atoms with van der Waals surface area (Å²) in [6.45, 7) is 53.3. The zero-order valence-electron chi connectivity index (χ0n) is 82.5. The fourth-order valence-corrected chi connectivity index (χ4v) is 17.1. The Morgan fingerprint density at radius 2 is 0.793 bits per heavy atom. The number of aliphatic hydroxyl groups excluding tert-OH is 2. The smallest absolute Gasteiger partial charge is 0.407 e. The molecule has 6 aromatic heterocycles. The fraction of sp³-hybridized carbons (Fsp3) is 0.733. The Morgan fingerprint density at radius 3 is 1.16 bits per heavy atom. The van der Waals surface area contributed by atoms with Gasteiger partial charge < -0.3 is 97.3 Å². The van der Waals surface area contributed by atoms with Gasteiger partial charge in [0.1, 0.15) is 78.3 Å². The highest BCUT2D eigenvalue weighted by Crippen LogP contribution is 2.41. The lowest BCUT2D eigenvalue weighted by Gasteiger charge is -2.34. The molecule has 0 spiro atoms. The van der Waals surface area contributed by atoms with Crippen molar-refractivity contribution in [3.63, 3.8) is 0 Å². The molecule has 0 saturated carbocycles. The molecule has 3 saturated heterocycles. The van der Waals surface area contributed by atoms with Crippen LogP contribution in [0.2, 0.25) is 74.5 Å². The normalized spacial score (nSPS) is 18.7. The molecule has 135 heavy (non-hydrogen) atoms. The van der Waals surface area contributed by atoms with Gasteiger partial charge in [-0.25, -0.2) is 49.7 Å². The number of carboxylic acids is 1. The second-order valence-corrected chi connectivity index (χ2v) is 58.0. The standard InChI is InChI=1S/C33H57N5O8Si2.C23H33N5O8.C20H37N5O3Si2.C12H21NO6.2CH4/c1-22(2)47(8,9)43-19-25-24(46-48(10,11)23(3)4)18-27(44-25)38-21-36-30-31(34-20-35-32(30)38)37-26(39)15-16-28(40)42-17-13-12-14-29(41)45-33(5,6)7;1-23(2,3)36-19(33)6-4-5-9-34-18(32)8-7-16(31)27-21-20-22(25-12-24-21)28(13-26-20)17-10-14(30)15(11-29)35-17;1-13(2)29(5,6)26-10-16-15(28-30(7,8)14(3)4)9-17(27-16)25-12-24-18-19(21)22-11-23-20(18)25;1-12(2,3)19-11(17)13-7-4-8-18-10(16)6-5-9(14)15;;/h20-25,27H,12-19H2,1-11H3,(H,34,35,37,39);12-15,17,29-30H,4-11H2,1-3H3,(H,24,25,27,31);11-17H,9-10H2,1-8H3,(H2,21,22,23);4-8H2,1-3H3,(H,13,17)(H,14,15);2*1H4/t24?,25-,27-;14?,15-,17-;15?,16-,17-;;;/m111.../s1. The number of amides is 3. The SMILES string of the molecule is C.C.CC(C)(C)OC(=O)CCCCOC(=O)CCC(=O)Nc1ncnc2c1ncn2[C@H]1CC(O)[C@@H](CO)O1.CC(C)(C)OC(=O)NCCCOC(=O)CCC(=O)O.CC(C)[Si](C)(C)OC[C@H]1O[C@@H](n2cnc3c(N)ncnc32)CC1O[Si](C)(C)C(C)C.CC(C)[Si](C)(C)OC[C@H]1O[C@@H](n2cnc3c(NC(=O)CCC(=O)OCCCCC(=O)OC(C)(C)C)ncnc32)CC1O[Si](C)(C)C(C)C. The molecule has 9 atom stereocenters. The van der Waals surface area contributed by atoms with Crippen LogP contribution < -0.4 is 21.7 Å². The summed E-state index contributed by atoms with van der Waals surface area (Å²) in [5.74, 6) is -3.21. The number of ether oxygens (including phenoxy) is 9. The van der Waals surface area contributed by atoms with Gasteiger partial charge in [-0.3, -0.25) is 52.1 Å². The third kappa shape index (κ3) is 39.8. The molecule has 6 aromatic rings. The highest BCUT2D eigenvalue weighted by Gasteiger charge is 2.46. The zero-order chi connectivity index (χ0) is 99.3. The van der Waals surface area contributed by atoms with Crippen LogP contribution in [0.4, 0.5) is 22.2 Å². The molecule has 0 aliphatic carbocycles. The highest BCUT2D eigenvalue weighted by atomic mass is 28.4. The molecule has 8 N–H and O–H groups in total. The molecule has 45 heteroatoms. The van der Waals surface area contributed by atoms with E-state index in [-0.39, 0.29) is 160 Å². The number of esters is 5. The van der Waals surface area contributed by atoms with E-state index in [1.807, 2.05) is 29.9 Å². The summed E-state index contributed by atoms with van der Waals surface area (Å²) in [6, 6.07) is 0. The van der Waals surface area contributed by atoms with E-state index in [4.69, 9.17) is 71.2 Å². The van der Waals surface area contributed by atoms with Crippen LogP contribution in [0.3, 0.4) is 0 Å². The molecule has 3 aliphatic rings. The summed E-state index contributed by atoms with van der Waals surface area (Å²) in [4.78, 5) is 144. The Labute approximate surface area is 799 Å². The number of aromatic nitrogens is 12. The molecule has 3 fully saturated rings. The molecule has 0 bridgehead atoms. The maximum atomic E-state index is 12.8. The largest absolute Gasteiger partial charge is 0.481 e. The number of fused-ring (bicyclic) bond motifs is 3. The average Bonchev–Trinajstić information content (AvgIpc) is 1.65. The van der Waals surface area contributed by atoms with Gasteiger partial charge in [0.25, 0.3) is 0 Å². The van der Waals surface area contributed by atoms with Crippen LogP contribution in [0.1, 0.15) is 254 Å². The third-order valence-electron chi connectivity index (χ3n) is 22.8. The molecule has 0 radical (unpaired) electrons. The van der Waals surface area contributed by atoms with Crippen LogP contribution in [0.15, 0.2) is 38.0 Å². The van der Waals surface area contributed by atoms with Gasteiger partial charge in [0, 0.05) is 51.5 Å². The van der Waals surface area contributed by atoms with Gasteiger partial charge in [-0.2, -0.15) is 0 Å². The van der Waals surface area contributed by atoms with Gasteiger partial charge in [-0.1, -0.05) is 70.2 Å². The summed E-state index contributed by atoms with van der Waals surface area (Å²) in [6.07, 6.45) is 9.09. The van der Waals surface area contributed by atoms with Gasteiger partial charge in [0.15, 0.2) is 78.7 Å². The Balaban J connectivity index is 0.000000392. The monoisotopic (exact) mass is 1970 g/mol. The van der Waals surface area contributed by atoms with E-state index in [2.05, 4.69) is 169 Å². The van der Waals surface area contributed by atoms with E-state index in [0.717, 1.165) is 6.42 Å². The first kappa shape index (κ1) is 118. The summed E-state index contributed by atoms with van der Waals surface area (Å²) >= 11 is 0. The number of nitrogen functional groups attached to an aromatic ring is 1. The van der Waals surface area contributed by atoms with E-state index < -0.39 is 110 Å². The molecule has 3 aliphatic heterocycles. The van der Waals surface area contributed by atoms with E-state index in [1.165, 1.54) is 25.3 Å². The summed E-state index contributed by atoms with van der Waals surface area (Å²) < 4.78 is 81.2. The topological polar surface area (TPSA) is 527 Å². The number of anilines is 3. The minimum absolute atomic E-state index is 0. The lowest BCUT2D eigenvalue weighted by atomic mass is 10.2. The molecule has 9 heterocycles. The van der Waals surface area contributed by atoms with E-state index in [1.54, 1.807) is 58.8 Å². The molecule has 0 aromatic carbocycles. The summed E-state index contributed by atoms with van der Waals surface area (Å²) in [5, 5.41) is 35.5. The first-order valence-electron chi connectivity index (χ1n) is 45.8. The lowest BCUT2D eigenvalue weighted by molar-refractivity contribution is -0.156. The Hall–Kier alpha value is -9.01. The van der Waals surface area contributed by atoms with Crippen molar-refractivity contribution in [3.8, 4) is 0 Å². The Kier molecular flexibility index (Phi) is 47.1. The van der Waals surface area contributed by atoms with Gasteiger partial charge in [0.05, 0.1) is 103 Å². The number of imidazole rings is 3. The van der Waals surface area contributed by atoms with Crippen LogP contribution >= 0.6 is 0 Å². The predicted molar refractivity (Wildman–Crippen MR) is 518 cm³/mol. The van der Waals surface area contributed by atoms with Crippen molar-refractivity contribution in [2.75, 3.05) is 62.6 Å². The zero-order valence-corrected chi connectivity index (χ0v) is 86.5. The minimum Gasteiger partial charge on any atom is -0.481 e. The van der Waals surface area contributed by atoms with E-state index in [0.29, 0.717) is 120 Å². The van der Waals surface area contributed by atoms with Crippen molar-refractivity contribution in [1.82, 2.24) is 63.9 Å². The molecule has 3 unspecified atom stereocenters. The number of carbonyl (C=O) groups excluding carboxylic acids is 8. The quantitative estimate of drug-likeness (QED) is 0.00809. The van der Waals surface area contributed by atoms with Gasteiger partial charge in [-0.05, 0) is 169 Å². The number of alkyl carbamates (subject to hydrolysis) is 1. The number of aliphatic carboxylic acids is 1. The number of nitrogens with two attached hydrogens (primary N) is 1. The average molecular weight is 1970 g/mol. The predicted octanol–water partition coefficient (Wildman–Crippen LogP) is 14.7. The van der Waals surface area contributed by atoms with Crippen molar-refractivity contribution in [1.29, 1.82) is 0 Å². The Bertz CT molecular complexity index is 4760. The van der Waals surface area contributed by atoms with Crippen molar-refractivity contribution in [2.45, 2.75) is 382 Å². The van der Waals surface area contributed by atoms with Crippen LogP contribution in [0, 0.1) is 0 Å². The third-order valence-corrected chi connectivity index (χ3v) is 37.6. The molecule has 762 valence electrons. The van der Waals surface area contributed by atoms with Gasteiger partial charge in [-0.15, -0.1) is 0 Å². The molecular weight excluding hydrogens is 1820 g/mol. The number of carboxylic acid groups (broad SMARTS) is 1. The molecule has 9 rings (SSSR count). The lowest BCUT2D eigenvalue weighted by Crippen LogP contribution is -2.44. The second kappa shape index (κ2) is 53.8. The second-order valence-electron chi connectivity index (χ2n) is 39.5. The summed E-state index contributed by atoms with van der Waals surface area (Å²) in [5.41, 5.74) is 9.25. The number of hydrogen-bond acceptors (Lipinski definition) is 34.